The molecular weight excluding hydrogens is 550 g/mol. The fourth-order valence-electron chi connectivity index (χ4n) is 3.42. The van der Waals surface area contributed by atoms with E-state index in [2.05, 4.69) is 51.6 Å². The molecule has 2 aromatic carbocycles. The minimum atomic E-state index is 0. The highest BCUT2D eigenvalue weighted by Gasteiger charge is 2.17. The highest BCUT2D eigenvalue weighted by Crippen LogP contribution is 2.28. The predicted molar refractivity (Wildman–Crippen MR) is 148 cm³/mol. The van der Waals surface area contributed by atoms with Crippen LogP contribution < -0.4 is 25.1 Å². The zero-order valence-corrected chi connectivity index (χ0v) is 22.7. The fraction of sp³-hybridized carbons (Fsp3) is 0.333. The molecule has 0 spiro atoms. The molecule has 4 rings (SSSR count). The van der Waals surface area contributed by atoms with E-state index in [4.69, 9.17) is 14.2 Å². The number of nitrogens with one attached hydrogen (secondary N) is 2. The van der Waals surface area contributed by atoms with Crippen LogP contribution in [-0.2, 0) is 4.74 Å². The van der Waals surface area contributed by atoms with E-state index in [9.17, 15) is 0 Å². The van der Waals surface area contributed by atoms with Gasteiger partial charge in [-0.3, -0.25) is 0 Å². The summed E-state index contributed by atoms with van der Waals surface area (Å²) in [6, 6.07) is 11.6. The van der Waals surface area contributed by atoms with Gasteiger partial charge in [-0.25, -0.2) is 5.43 Å². The number of benzene rings is 2. The number of nitrogens with zero attached hydrogens (tertiary/aromatic N) is 5. The van der Waals surface area contributed by atoms with Crippen molar-refractivity contribution < 1.29 is 14.2 Å². The number of halogens is 2. The first-order valence-corrected chi connectivity index (χ1v) is 12.1. The van der Waals surface area contributed by atoms with Crippen molar-refractivity contribution in [2.24, 2.45) is 5.10 Å². The SMILES string of the molecule is CCOc1ccc(/C=N\Nc2nc(Nc3ccc(C)cc3Br)nc(N3CCOCC3)n2)cc1OC.Cl. The number of anilines is 4. The zero-order chi connectivity index (χ0) is 24.6. The van der Waals surface area contributed by atoms with Crippen LogP contribution >= 0.6 is 28.3 Å². The quantitative estimate of drug-likeness (QED) is 0.274. The van der Waals surface area contributed by atoms with E-state index in [-0.39, 0.29) is 12.4 Å². The second-order valence-electron chi connectivity index (χ2n) is 7.70. The minimum absolute atomic E-state index is 0. The predicted octanol–water partition coefficient (Wildman–Crippen LogP) is 4.80. The van der Waals surface area contributed by atoms with E-state index < -0.39 is 0 Å². The monoisotopic (exact) mass is 577 g/mol. The number of hydrogen-bond acceptors (Lipinski definition) is 10. The molecular formula is C24H29BrClN7O3. The van der Waals surface area contributed by atoms with E-state index in [1.54, 1.807) is 13.3 Å². The molecule has 192 valence electrons. The maximum absolute atomic E-state index is 5.57. The van der Waals surface area contributed by atoms with Crippen LogP contribution in [-0.4, -0.2) is 61.2 Å². The Kier molecular flexibility index (Phi) is 10.1. The highest BCUT2D eigenvalue weighted by molar-refractivity contribution is 9.10. The lowest BCUT2D eigenvalue weighted by Crippen LogP contribution is -2.37. The highest BCUT2D eigenvalue weighted by atomic mass is 79.9. The summed E-state index contributed by atoms with van der Waals surface area (Å²) in [4.78, 5) is 15.8. The maximum Gasteiger partial charge on any atom is 0.250 e. The van der Waals surface area contributed by atoms with Crippen molar-refractivity contribution in [1.82, 2.24) is 15.0 Å². The molecule has 2 N–H and O–H groups in total. The third kappa shape index (κ3) is 7.19. The standard InChI is InChI=1S/C24H28BrN7O3.ClH/c1-4-35-20-8-6-17(14-21(20)33-3)15-26-31-23-28-22(27-19-7-5-16(2)13-18(19)25)29-24(30-23)32-9-11-34-12-10-32;/h5-8,13-15H,4,9-12H2,1-3H3,(H2,27,28,29,30,31);1H/b26-15-;. The molecule has 1 saturated heterocycles. The van der Waals surface area contributed by atoms with Gasteiger partial charge in [0.15, 0.2) is 11.5 Å². The van der Waals surface area contributed by atoms with Crippen molar-refractivity contribution >= 4 is 58.1 Å². The van der Waals surface area contributed by atoms with Gasteiger partial charge in [-0.05, 0) is 71.2 Å². The number of aromatic nitrogens is 3. The Morgan fingerprint density at radius 1 is 1.08 bits per heavy atom. The summed E-state index contributed by atoms with van der Waals surface area (Å²) in [6.07, 6.45) is 1.67. The summed E-state index contributed by atoms with van der Waals surface area (Å²) in [5.74, 6) is 2.61. The largest absolute Gasteiger partial charge is 0.493 e. The Bertz CT molecular complexity index is 1190. The van der Waals surface area contributed by atoms with Gasteiger partial charge in [0.2, 0.25) is 17.8 Å². The van der Waals surface area contributed by atoms with Gasteiger partial charge in [-0.15, -0.1) is 12.4 Å². The van der Waals surface area contributed by atoms with Crippen molar-refractivity contribution in [3.8, 4) is 11.5 Å². The average molecular weight is 579 g/mol. The van der Waals surface area contributed by atoms with Crippen molar-refractivity contribution in [2.75, 3.05) is 55.7 Å². The lowest BCUT2D eigenvalue weighted by Gasteiger charge is -2.27. The first-order chi connectivity index (χ1) is 17.1. The summed E-state index contributed by atoms with van der Waals surface area (Å²) in [5.41, 5.74) is 5.76. The smallest absolute Gasteiger partial charge is 0.250 e. The van der Waals surface area contributed by atoms with Crippen molar-refractivity contribution in [1.29, 1.82) is 0 Å². The Balaban J connectivity index is 0.00000361. The van der Waals surface area contributed by atoms with Gasteiger partial charge in [0, 0.05) is 17.6 Å². The molecule has 12 heteroatoms. The van der Waals surface area contributed by atoms with Crippen LogP contribution in [0.25, 0.3) is 0 Å². The lowest BCUT2D eigenvalue weighted by atomic mass is 10.2. The first kappa shape index (κ1) is 27.4. The van der Waals surface area contributed by atoms with Gasteiger partial charge in [0.25, 0.3) is 0 Å². The molecule has 1 fully saturated rings. The summed E-state index contributed by atoms with van der Waals surface area (Å²) in [7, 11) is 1.61. The summed E-state index contributed by atoms with van der Waals surface area (Å²) in [5, 5.41) is 7.59. The Morgan fingerprint density at radius 3 is 2.58 bits per heavy atom. The first-order valence-electron chi connectivity index (χ1n) is 11.3. The minimum Gasteiger partial charge on any atom is -0.493 e. The number of hydrogen-bond donors (Lipinski definition) is 2. The number of aryl methyl sites for hydroxylation is 1. The summed E-state index contributed by atoms with van der Waals surface area (Å²) >= 11 is 3.59. The second kappa shape index (κ2) is 13.2. The summed E-state index contributed by atoms with van der Waals surface area (Å²) < 4.78 is 17.4. The molecule has 2 heterocycles. The molecule has 0 unspecified atom stereocenters. The van der Waals surface area contributed by atoms with Crippen molar-refractivity contribution in [3.63, 3.8) is 0 Å². The molecule has 1 aliphatic rings. The Morgan fingerprint density at radius 2 is 1.86 bits per heavy atom. The van der Waals surface area contributed by atoms with Gasteiger partial charge in [-0.2, -0.15) is 20.1 Å². The van der Waals surface area contributed by atoms with Crippen LogP contribution in [0.1, 0.15) is 18.1 Å². The van der Waals surface area contributed by atoms with Crippen LogP contribution in [0.5, 0.6) is 11.5 Å². The van der Waals surface area contributed by atoms with E-state index in [0.29, 0.717) is 62.3 Å². The van der Waals surface area contributed by atoms with Crippen LogP contribution in [0.4, 0.5) is 23.5 Å². The van der Waals surface area contributed by atoms with E-state index in [1.165, 1.54) is 0 Å². The van der Waals surface area contributed by atoms with Crippen molar-refractivity contribution in [2.45, 2.75) is 13.8 Å². The molecule has 0 bridgehead atoms. The number of methoxy groups -OCH3 is 1. The third-order valence-corrected chi connectivity index (χ3v) is 5.81. The van der Waals surface area contributed by atoms with E-state index in [0.717, 1.165) is 21.3 Å². The summed E-state index contributed by atoms with van der Waals surface area (Å²) in [6.45, 7) is 7.18. The van der Waals surface area contributed by atoms with Crippen LogP contribution in [0.15, 0.2) is 46.0 Å². The van der Waals surface area contributed by atoms with E-state index in [1.807, 2.05) is 50.2 Å². The fourth-order valence-corrected chi connectivity index (χ4v) is 4.01. The number of morpholine rings is 1. The number of ether oxygens (including phenoxy) is 3. The second-order valence-corrected chi connectivity index (χ2v) is 8.56. The van der Waals surface area contributed by atoms with Gasteiger partial charge in [0.1, 0.15) is 0 Å². The Hall–Kier alpha value is -3.15. The maximum atomic E-state index is 5.57. The van der Waals surface area contributed by atoms with Crippen molar-refractivity contribution in [3.05, 3.63) is 52.0 Å². The molecule has 1 aliphatic heterocycles. The normalized spacial score (nSPS) is 13.3. The topological polar surface area (TPSA) is 106 Å². The van der Waals surface area contributed by atoms with Gasteiger partial charge in [-0.1, -0.05) is 6.07 Å². The molecule has 3 aromatic rings. The molecule has 0 saturated carbocycles. The average Bonchev–Trinajstić information content (AvgIpc) is 2.87. The Labute approximate surface area is 225 Å². The molecule has 10 nitrogen and oxygen atoms in total. The molecule has 36 heavy (non-hydrogen) atoms. The lowest BCUT2D eigenvalue weighted by molar-refractivity contribution is 0.122. The van der Waals surface area contributed by atoms with Gasteiger partial charge >= 0.3 is 0 Å². The van der Waals surface area contributed by atoms with Crippen LogP contribution in [0.2, 0.25) is 0 Å². The van der Waals surface area contributed by atoms with E-state index >= 15 is 0 Å². The van der Waals surface area contributed by atoms with Crippen LogP contribution in [0.3, 0.4) is 0 Å². The number of rotatable bonds is 9. The zero-order valence-electron chi connectivity index (χ0n) is 20.3. The van der Waals surface area contributed by atoms with Gasteiger partial charge in [0.05, 0.1) is 38.8 Å². The molecule has 0 radical (unpaired) electrons. The molecule has 1 aromatic heterocycles. The molecule has 0 amide bonds. The molecule has 0 atom stereocenters. The van der Waals surface area contributed by atoms with Gasteiger partial charge < -0.3 is 24.4 Å². The van der Waals surface area contributed by atoms with Crippen LogP contribution in [0, 0.1) is 6.92 Å². The molecule has 0 aliphatic carbocycles. The third-order valence-electron chi connectivity index (χ3n) is 5.15. The number of hydrazone groups is 1.